The maximum absolute atomic E-state index is 11.8. The van der Waals surface area contributed by atoms with E-state index in [1.807, 2.05) is 4.90 Å². The number of amides is 2. The van der Waals surface area contributed by atoms with Gasteiger partial charge in [-0.05, 0) is 38.0 Å². The number of carbonyl (C=O) groups is 2. The Morgan fingerprint density at radius 2 is 2.06 bits per heavy atom. The number of rotatable bonds is 4. The van der Waals surface area contributed by atoms with Crippen molar-refractivity contribution in [2.45, 2.75) is 44.6 Å². The van der Waals surface area contributed by atoms with Crippen molar-refractivity contribution in [3.05, 3.63) is 0 Å². The minimum Gasteiger partial charge on any atom is -0.481 e. The largest absolute Gasteiger partial charge is 0.481 e. The summed E-state index contributed by atoms with van der Waals surface area (Å²) in [5.74, 6) is -0.394. The number of hydrogen-bond acceptors (Lipinski definition) is 2. The average Bonchev–Trinajstić information content (AvgIpc) is 3.10. The van der Waals surface area contributed by atoms with Gasteiger partial charge in [0.25, 0.3) is 0 Å². The molecule has 1 saturated heterocycles. The lowest BCUT2D eigenvalue weighted by Gasteiger charge is -2.32. The van der Waals surface area contributed by atoms with Crippen molar-refractivity contribution in [3.63, 3.8) is 0 Å². The maximum atomic E-state index is 11.8. The number of carbonyl (C=O) groups excluding carboxylic acids is 1. The SMILES string of the molecule is O=C(O)CCC1CCCN(C(=O)NC2CC2)C1. The van der Waals surface area contributed by atoms with Crippen LogP contribution in [-0.2, 0) is 4.79 Å². The summed E-state index contributed by atoms with van der Waals surface area (Å²) in [7, 11) is 0. The Balaban J connectivity index is 1.74. The molecule has 1 aliphatic heterocycles. The Hall–Kier alpha value is -1.26. The summed E-state index contributed by atoms with van der Waals surface area (Å²) in [5, 5.41) is 11.6. The molecule has 0 spiro atoms. The van der Waals surface area contributed by atoms with Crippen LogP contribution >= 0.6 is 0 Å². The van der Waals surface area contributed by atoms with Crippen molar-refractivity contribution in [1.29, 1.82) is 0 Å². The summed E-state index contributed by atoms with van der Waals surface area (Å²) in [4.78, 5) is 24.2. The number of urea groups is 1. The molecule has 1 atom stereocenters. The van der Waals surface area contributed by atoms with E-state index < -0.39 is 5.97 Å². The third-order valence-corrected chi connectivity index (χ3v) is 3.48. The lowest BCUT2D eigenvalue weighted by atomic mass is 9.93. The molecule has 2 rings (SSSR count). The van der Waals surface area contributed by atoms with Gasteiger partial charge in [0.2, 0.25) is 0 Å². The van der Waals surface area contributed by atoms with Gasteiger partial charge in [0.05, 0.1) is 0 Å². The van der Waals surface area contributed by atoms with Crippen LogP contribution in [0.1, 0.15) is 38.5 Å². The fraction of sp³-hybridized carbons (Fsp3) is 0.833. The molecule has 2 amide bonds. The van der Waals surface area contributed by atoms with Gasteiger partial charge in [-0.3, -0.25) is 4.79 Å². The average molecular weight is 240 g/mol. The lowest BCUT2D eigenvalue weighted by molar-refractivity contribution is -0.137. The second-order valence-electron chi connectivity index (χ2n) is 5.11. The highest BCUT2D eigenvalue weighted by Crippen LogP contribution is 2.23. The van der Waals surface area contributed by atoms with Gasteiger partial charge in [-0.2, -0.15) is 0 Å². The Morgan fingerprint density at radius 3 is 2.71 bits per heavy atom. The predicted octanol–water partition coefficient (Wildman–Crippen LogP) is 1.44. The van der Waals surface area contributed by atoms with Crippen molar-refractivity contribution in [1.82, 2.24) is 10.2 Å². The molecule has 17 heavy (non-hydrogen) atoms. The normalized spacial score (nSPS) is 24.5. The molecular weight excluding hydrogens is 220 g/mol. The Morgan fingerprint density at radius 1 is 1.29 bits per heavy atom. The quantitative estimate of drug-likeness (QED) is 0.781. The van der Waals surface area contributed by atoms with Gasteiger partial charge in [-0.1, -0.05) is 0 Å². The highest BCUT2D eigenvalue weighted by atomic mass is 16.4. The molecule has 2 N–H and O–H groups in total. The standard InChI is InChI=1S/C12H20N2O3/c15-11(16)6-3-9-2-1-7-14(8-9)12(17)13-10-4-5-10/h9-10H,1-8H2,(H,13,17)(H,15,16). The Kier molecular flexibility index (Phi) is 3.86. The van der Waals surface area contributed by atoms with Crippen LogP contribution in [-0.4, -0.2) is 41.1 Å². The van der Waals surface area contributed by atoms with E-state index in [9.17, 15) is 9.59 Å². The fourth-order valence-corrected chi connectivity index (χ4v) is 2.31. The highest BCUT2D eigenvalue weighted by molar-refractivity contribution is 5.75. The molecule has 0 bridgehead atoms. The van der Waals surface area contributed by atoms with Gasteiger partial charge in [-0.25, -0.2) is 4.79 Å². The second kappa shape index (κ2) is 5.38. The van der Waals surface area contributed by atoms with Gasteiger partial charge in [-0.15, -0.1) is 0 Å². The molecule has 1 unspecified atom stereocenters. The van der Waals surface area contributed by atoms with E-state index in [-0.39, 0.29) is 12.5 Å². The number of hydrogen-bond donors (Lipinski definition) is 2. The summed E-state index contributed by atoms with van der Waals surface area (Å²) >= 11 is 0. The van der Waals surface area contributed by atoms with Gasteiger partial charge < -0.3 is 15.3 Å². The number of carboxylic acids is 1. The number of likely N-dealkylation sites (tertiary alicyclic amines) is 1. The van der Waals surface area contributed by atoms with E-state index in [0.29, 0.717) is 24.9 Å². The molecule has 2 fully saturated rings. The van der Waals surface area contributed by atoms with Crippen molar-refractivity contribution < 1.29 is 14.7 Å². The zero-order valence-electron chi connectivity index (χ0n) is 10.0. The number of piperidine rings is 1. The minimum atomic E-state index is -0.746. The van der Waals surface area contributed by atoms with E-state index in [0.717, 1.165) is 32.2 Å². The van der Waals surface area contributed by atoms with Crippen molar-refractivity contribution in [2.75, 3.05) is 13.1 Å². The Labute approximate surface area is 101 Å². The molecule has 5 heteroatoms. The van der Waals surface area contributed by atoms with Gasteiger partial charge in [0.15, 0.2) is 0 Å². The highest BCUT2D eigenvalue weighted by Gasteiger charge is 2.28. The third-order valence-electron chi connectivity index (χ3n) is 3.48. The van der Waals surface area contributed by atoms with E-state index in [1.54, 1.807) is 0 Å². The molecule has 1 heterocycles. The third kappa shape index (κ3) is 3.91. The van der Waals surface area contributed by atoms with E-state index in [1.165, 1.54) is 0 Å². The first-order valence-electron chi connectivity index (χ1n) is 6.42. The van der Waals surface area contributed by atoms with Crippen LogP contribution in [0.5, 0.6) is 0 Å². The number of nitrogens with one attached hydrogen (secondary N) is 1. The predicted molar refractivity (Wildman–Crippen MR) is 62.7 cm³/mol. The Bertz CT molecular complexity index is 302. The lowest BCUT2D eigenvalue weighted by Crippen LogP contribution is -2.46. The molecule has 1 saturated carbocycles. The monoisotopic (exact) mass is 240 g/mol. The minimum absolute atomic E-state index is 0.0347. The topological polar surface area (TPSA) is 69.6 Å². The maximum Gasteiger partial charge on any atom is 0.317 e. The fourth-order valence-electron chi connectivity index (χ4n) is 2.31. The van der Waals surface area contributed by atoms with Crippen molar-refractivity contribution >= 4 is 12.0 Å². The molecule has 0 aromatic carbocycles. The summed E-state index contributed by atoms with van der Waals surface area (Å²) < 4.78 is 0. The molecule has 1 aliphatic carbocycles. The number of nitrogens with zero attached hydrogens (tertiary/aromatic N) is 1. The van der Waals surface area contributed by atoms with Crippen LogP contribution in [0.4, 0.5) is 4.79 Å². The van der Waals surface area contributed by atoms with Gasteiger partial charge in [0, 0.05) is 25.6 Å². The first-order valence-corrected chi connectivity index (χ1v) is 6.42. The van der Waals surface area contributed by atoms with E-state index in [2.05, 4.69) is 5.32 Å². The van der Waals surface area contributed by atoms with Crippen LogP contribution < -0.4 is 5.32 Å². The van der Waals surface area contributed by atoms with E-state index >= 15 is 0 Å². The summed E-state index contributed by atoms with van der Waals surface area (Å²) in [6.07, 6.45) is 5.12. The van der Waals surface area contributed by atoms with Crippen molar-refractivity contribution in [3.8, 4) is 0 Å². The van der Waals surface area contributed by atoms with Crippen LogP contribution in [0.25, 0.3) is 0 Å². The first kappa shape index (κ1) is 12.2. The van der Waals surface area contributed by atoms with Crippen molar-refractivity contribution in [2.24, 2.45) is 5.92 Å². The molecule has 0 aromatic heterocycles. The molecule has 5 nitrogen and oxygen atoms in total. The van der Waals surface area contributed by atoms with Crippen LogP contribution in [0.3, 0.4) is 0 Å². The number of aliphatic carboxylic acids is 1. The summed E-state index contributed by atoms with van der Waals surface area (Å²) in [5.41, 5.74) is 0. The summed E-state index contributed by atoms with van der Waals surface area (Å²) in [6.45, 7) is 1.52. The zero-order chi connectivity index (χ0) is 12.3. The second-order valence-corrected chi connectivity index (χ2v) is 5.11. The molecular formula is C12H20N2O3. The first-order chi connectivity index (χ1) is 8.15. The molecule has 96 valence electrons. The van der Waals surface area contributed by atoms with Gasteiger partial charge >= 0.3 is 12.0 Å². The van der Waals surface area contributed by atoms with Crippen LogP contribution in [0.15, 0.2) is 0 Å². The smallest absolute Gasteiger partial charge is 0.317 e. The summed E-state index contributed by atoms with van der Waals surface area (Å²) in [6, 6.07) is 0.425. The van der Waals surface area contributed by atoms with Crippen LogP contribution in [0, 0.1) is 5.92 Å². The molecule has 0 radical (unpaired) electrons. The zero-order valence-corrected chi connectivity index (χ0v) is 10.0. The van der Waals surface area contributed by atoms with Crippen LogP contribution in [0.2, 0.25) is 0 Å². The van der Waals surface area contributed by atoms with E-state index in [4.69, 9.17) is 5.11 Å². The number of carboxylic acid groups (broad SMARTS) is 1. The molecule has 2 aliphatic rings. The van der Waals surface area contributed by atoms with Gasteiger partial charge in [0.1, 0.15) is 0 Å². The molecule has 0 aromatic rings.